The van der Waals surface area contributed by atoms with Crippen LogP contribution in [0.2, 0.25) is 0 Å². The molecule has 1 amide bonds. The van der Waals surface area contributed by atoms with E-state index in [-0.39, 0.29) is 19.1 Å². The first-order chi connectivity index (χ1) is 10.6. The molecule has 118 valence electrons. The van der Waals surface area contributed by atoms with Gasteiger partial charge in [-0.2, -0.15) is 5.10 Å². The molecule has 0 atom stereocenters. The lowest BCUT2D eigenvalue weighted by atomic mass is 10.1. The van der Waals surface area contributed by atoms with Crippen molar-refractivity contribution < 1.29 is 14.6 Å². The van der Waals surface area contributed by atoms with E-state index >= 15 is 0 Å². The number of methoxy groups -OCH3 is 1. The summed E-state index contributed by atoms with van der Waals surface area (Å²) in [6.07, 6.45) is 1.70. The van der Waals surface area contributed by atoms with E-state index in [1.807, 2.05) is 24.3 Å². The SMILES string of the molecule is COc1ccccc1CN(CCO)C(=O)c1cn(C)nc1C. The Morgan fingerprint density at radius 3 is 2.73 bits per heavy atom. The average molecular weight is 303 g/mol. The summed E-state index contributed by atoms with van der Waals surface area (Å²) in [5.74, 6) is 0.576. The highest BCUT2D eigenvalue weighted by Gasteiger charge is 2.20. The molecule has 0 saturated heterocycles. The molecule has 2 aromatic rings. The van der Waals surface area contributed by atoms with Crippen LogP contribution in [0.15, 0.2) is 30.5 Å². The Kier molecular flexibility index (Phi) is 5.16. The van der Waals surface area contributed by atoms with Crippen molar-refractivity contribution in [1.29, 1.82) is 0 Å². The van der Waals surface area contributed by atoms with Crippen molar-refractivity contribution in [1.82, 2.24) is 14.7 Å². The second-order valence-electron chi connectivity index (χ2n) is 5.06. The highest BCUT2D eigenvalue weighted by molar-refractivity contribution is 5.95. The van der Waals surface area contributed by atoms with E-state index in [9.17, 15) is 9.90 Å². The number of amides is 1. The predicted molar refractivity (Wildman–Crippen MR) is 82.8 cm³/mol. The van der Waals surface area contributed by atoms with Gasteiger partial charge in [0.15, 0.2) is 0 Å². The average Bonchev–Trinajstić information content (AvgIpc) is 2.85. The molecule has 0 saturated carbocycles. The third-order valence-electron chi connectivity index (χ3n) is 3.45. The number of aromatic nitrogens is 2. The standard InChI is InChI=1S/C16H21N3O3/c1-12-14(11-18(2)17-12)16(21)19(8-9-20)10-13-6-4-5-7-15(13)22-3/h4-7,11,20H,8-10H2,1-3H3. The zero-order valence-corrected chi connectivity index (χ0v) is 13.1. The van der Waals surface area contributed by atoms with Crippen LogP contribution in [0.5, 0.6) is 5.75 Å². The van der Waals surface area contributed by atoms with Crippen LogP contribution in [0, 0.1) is 6.92 Å². The highest BCUT2D eigenvalue weighted by Crippen LogP contribution is 2.20. The number of hydrogen-bond donors (Lipinski definition) is 1. The summed E-state index contributed by atoms with van der Waals surface area (Å²) in [5.41, 5.74) is 2.12. The number of ether oxygens (including phenoxy) is 1. The maximum absolute atomic E-state index is 12.7. The van der Waals surface area contributed by atoms with Gasteiger partial charge in [0.25, 0.3) is 5.91 Å². The molecule has 1 aromatic heterocycles. The molecular weight excluding hydrogens is 282 g/mol. The topological polar surface area (TPSA) is 67.6 Å². The Bertz CT molecular complexity index is 652. The van der Waals surface area contributed by atoms with Gasteiger partial charge in [0.1, 0.15) is 5.75 Å². The lowest BCUT2D eigenvalue weighted by molar-refractivity contribution is 0.0706. The number of aliphatic hydroxyl groups is 1. The Balaban J connectivity index is 2.26. The smallest absolute Gasteiger partial charge is 0.257 e. The van der Waals surface area contributed by atoms with Crippen molar-refractivity contribution in [2.45, 2.75) is 13.5 Å². The third kappa shape index (κ3) is 3.46. The van der Waals surface area contributed by atoms with Gasteiger partial charge in [0.05, 0.1) is 25.0 Å². The number of nitrogens with zero attached hydrogens (tertiary/aromatic N) is 3. The normalized spacial score (nSPS) is 10.5. The highest BCUT2D eigenvalue weighted by atomic mass is 16.5. The van der Waals surface area contributed by atoms with E-state index < -0.39 is 0 Å². The van der Waals surface area contributed by atoms with Crippen LogP contribution < -0.4 is 4.74 Å². The van der Waals surface area contributed by atoms with Gasteiger partial charge in [0.2, 0.25) is 0 Å². The van der Waals surface area contributed by atoms with Crippen LogP contribution in [0.4, 0.5) is 0 Å². The summed E-state index contributed by atoms with van der Waals surface area (Å²) < 4.78 is 6.93. The Labute approximate surface area is 129 Å². The summed E-state index contributed by atoms with van der Waals surface area (Å²) in [5, 5.41) is 13.5. The molecule has 0 unspecified atom stereocenters. The minimum atomic E-state index is -0.148. The Hall–Kier alpha value is -2.34. The molecule has 1 N–H and O–H groups in total. The molecule has 1 heterocycles. The van der Waals surface area contributed by atoms with E-state index in [2.05, 4.69) is 5.10 Å². The molecule has 6 nitrogen and oxygen atoms in total. The second kappa shape index (κ2) is 7.09. The van der Waals surface area contributed by atoms with Crippen LogP contribution >= 0.6 is 0 Å². The van der Waals surface area contributed by atoms with Crippen molar-refractivity contribution in [2.75, 3.05) is 20.3 Å². The van der Waals surface area contributed by atoms with E-state index in [1.165, 1.54) is 0 Å². The van der Waals surface area contributed by atoms with Gasteiger partial charge < -0.3 is 14.7 Å². The number of para-hydroxylation sites is 1. The fourth-order valence-electron chi connectivity index (χ4n) is 2.39. The first-order valence-electron chi connectivity index (χ1n) is 7.09. The minimum Gasteiger partial charge on any atom is -0.496 e. The summed E-state index contributed by atoms with van der Waals surface area (Å²) in [6.45, 7) is 2.33. The number of carbonyl (C=O) groups is 1. The van der Waals surface area contributed by atoms with E-state index in [1.54, 1.807) is 36.9 Å². The maximum Gasteiger partial charge on any atom is 0.257 e. The summed E-state index contributed by atoms with van der Waals surface area (Å²) in [4.78, 5) is 14.3. The zero-order chi connectivity index (χ0) is 16.1. The lowest BCUT2D eigenvalue weighted by Crippen LogP contribution is -2.33. The van der Waals surface area contributed by atoms with Gasteiger partial charge in [0, 0.05) is 31.9 Å². The van der Waals surface area contributed by atoms with Gasteiger partial charge in [-0.25, -0.2) is 0 Å². The second-order valence-corrected chi connectivity index (χ2v) is 5.06. The van der Waals surface area contributed by atoms with Crippen LogP contribution in [0.1, 0.15) is 21.6 Å². The molecule has 0 radical (unpaired) electrons. The number of benzene rings is 1. The Morgan fingerprint density at radius 2 is 2.14 bits per heavy atom. The predicted octanol–water partition coefficient (Wildman–Crippen LogP) is 1.37. The first kappa shape index (κ1) is 16.0. The number of rotatable bonds is 6. The molecule has 0 spiro atoms. The van der Waals surface area contributed by atoms with E-state index in [0.29, 0.717) is 17.8 Å². The molecule has 6 heteroatoms. The van der Waals surface area contributed by atoms with Crippen LogP contribution in [-0.2, 0) is 13.6 Å². The van der Waals surface area contributed by atoms with Gasteiger partial charge in [-0.15, -0.1) is 0 Å². The van der Waals surface area contributed by atoms with Crippen LogP contribution in [0.3, 0.4) is 0 Å². The molecule has 1 aromatic carbocycles. The monoisotopic (exact) mass is 303 g/mol. The fraction of sp³-hybridized carbons (Fsp3) is 0.375. The van der Waals surface area contributed by atoms with Crippen molar-refractivity contribution in [2.24, 2.45) is 7.05 Å². The largest absolute Gasteiger partial charge is 0.496 e. The molecule has 0 bridgehead atoms. The molecule has 2 rings (SSSR count). The molecule has 0 aliphatic rings. The van der Waals surface area contributed by atoms with Crippen molar-refractivity contribution in [3.8, 4) is 5.75 Å². The first-order valence-corrected chi connectivity index (χ1v) is 7.09. The zero-order valence-electron chi connectivity index (χ0n) is 13.1. The van der Waals surface area contributed by atoms with E-state index in [4.69, 9.17) is 4.74 Å². The lowest BCUT2D eigenvalue weighted by Gasteiger charge is -2.22. The number of hydrogen-bond acceptors (Lipinski definition) is 4. The molecule has 0 aliphatic heterocycles. The summed E-state index contributed by atoms with van der Waals surface area (Å²) in [7, 11) is 3.38. The molecule has 0 aliphatic carbocycles. The summed E-state index contributed by atoms with van der Waals surface area (Å²) >= 11 is 0. The quantitative estimate of drug-likeness (QED) is 0.875. The number of aryl methyl sites for hydroxylation is 2. The minimum absolute atomic E-state index is 0.0970. The number of carbonyl (C=O) groups excluding carboxylic acids is 1. The van der Waals surface area contributed by atoms with Gasteiger partial charge >= 0.3 is 0 Å². The fourth-order valence-corrected chi connectivity index (χ4v) is 2.39. The maximum atomic E-state index is 12.7. The third-order valence-corrected chi connectivity index (χ3v) is 3.45. The van der Waals surface area contributed by atoms with Gasteiger partial charge in [-0.1, -0.05) is 18.2 Å². The van der Waals surface area contributed by atoms with Crippen molar-refractivity contribution in [3.63, 3.8) is 0 Å². The van der Waals surface area contributed by atoms with Crippen LogP contribution in [-0.4, -0.2) is 46.0 Å². The molecule has 0 fully saturated rings. The number of aliphatic hydroxyl groups excluding tert-OH is 1. The van der Waals surface area contributed by atoms with Crippen molar-refractivity contribution >= 4 is 5.91 Å². The molecule has 22 heavy (non-hydrogen) atoms. The molecular formula is C16H21N3O3. The van der Waals surface area contributed by atoms with Crippen LogP contribution in [0.25, 0.3) is 0 Å². The Morgan fingerprint density at radius 1 is 1.41 bits per heavy atom. The van der Waals surface area contributed by atoms with E-state index in [0.717, 1.165) is 11.3 Å². The van der Waals surface area contributed by atoms with Gasteiger partial charge in [-0.05, 0) is 13.0 Å². The summed E-state index contributed by atoms with van der Waals surface area (Å²) in [6, 6.07) is 7.54. The van der Waals surface area contributed by atoms with Gasteiger partial charge in [-0.3, -0.25) is 9.48 Å². The van der Waals surface area contributed by atoms with Crippen molar-refractivity contribution in [3.05, 3.63) is 47.3 Å².